The number of aromatic nitrogens is 1. The van der Waals surface area contributed by atoms with Crippen LogP contribution in [0.3, 0.4) is 0 Å². The lowest BCUT2D eigenvalue weighted by Gasteiger charge is -2.35. The van der Waals surface area contributed by atoms with Gasteiger partial charge in [-0.05, 0) is 36.8 Å². The summed E-state index contributed by atoms with van der Waals surface area (Å²) in [6.45, 7) is 4.68. The first-order valence-corrected chi connectivity index (χ1v) is 9.37. The van der Waals surface area contributed by atoms with Gasteiger partial charge in [0.2, 0.25) is 0 Å². The number of amides is 1. The number of methoxy groups -OCH3 is 1. The number of fused-ring (bicyclic) bond motifs is 1. The number of piperazine rings is 1. The molecule has 144 valence electrons. The Labute approximate surface area is 164 Å². The maximum absolute atomic E-state index is 12.4. The highest BCUT2D eigenvalue weighted by molar-refractivity contribution is 5.89. The largest absolute Gasteiger partial charge is 0.494 e. The second kappa shape index (κ2) is 7.76. The van der Waals surface area contributed by atoms with E-state index in [9.17, 15) is 4.79 Å². The Morgan fingerprint density at radius 1 is 1.00 bits per heavy atom. The second-order valence-corrected chi connectivity index (χ2v) is 6.81. The minimum absolute atomic E-state index is 0.310. The van der Waals surface area contributed by atoms with Gasteiger partial charge in [-0.3, -0.25) is 0 Å². The van der Waals surface area contributed by atoms with E-state index in [2.05, 4.69) is 24.0 Å². The van der Waals surface area contributed by atoms with E-state index in [1.807, 2.05) is 30.3 Å². The topological polar surface area (TPSA) is 54.9 Å². The van der Waals surface area contributed by atoms with Gasteiger partial charge in [-0.1, -0.05) is 30.3 Å². The van der Waals surface area contributed by atoms with Crippen molar-refractivity contribution in [2.24, 2.45) is 0 Å². The van der Waals surface area contributed by atoms with Crippen LogP contribution in [0.5, 0.6) is 11.5 Å². The Bertz CT molecular complexity index is 983. The first-order valence-electron chi connectivity index (χ1n) is 9.37. The van der Waals surface area contributed by atoms with Gasteiger partial charge in [-0.15, -0.1) is 0 Å². The summed E-state index contributed by atoms with van der Waals surface area (Å²) in [5.41, 5.74) is 2.02. The summed E-state index contributed by atoms with van der Waals surface area (Å²) < 4.78 is 10.9. The summed E-state index contributed by atoms with van der Waals surface area (Å²) in [7, 11) is 1.66. The van der Waals surface area contributed by atoms with Crippen LogP contribution in [-0.2, 0) is 0 Å². The van der Waals surface area contributed by atoms with Crippen molar-refractivity contribution < 1.29 is 14.3 Å². The Kier molecular flexibility index (Phi) is 5.02. The molecule has 0 radical (unpaired) electrons. The Morgan fingerprint density at radius 2 is 1.75 bits per heavy atom. The molecule has 0 saturated carbocycles. The van der Waals surface area contributed by atoms with Gasteiger partial charge in [-0.25, -0.2) is 9.78 Å². The number of rotatable bonds is 3. The fraction of sp³-hybridized carbons (Fsp3) is 0.273. The Hall–Kier alpha value is -3.28. The van der Waals surface area contributed by atoms with E-state index in [1.165, 1.54) is 0 Å². The van der Waals surface area contributed by atoms with Crippen molar-refractivity contribution in [3.63, 3.8) is 0 Å². The van der Waals surface area contributed by atoms with Crippen molar-refractivity contribution >= 4 is 22.8 Å². The standard InChI is InChI=1S/C22H23N3O3/c1-16-15-20(23-21-18(16)9-6-10-19(21)27-2)24-11-13-25(14-12-24)22(26)28-17-7-4-3-5-8-17/h3-10,15H,11-14H2,1-2H3. The van der Waals surface area contributed by atoms with Gasteiger partial charge in [0.25, 0.3) is 0 Å². The zero-order valence-corrected chi connectivity index (χ0v) is 16.1. The van der Waals surface area contributed by atoms with Crippen LogP contribution >= 0.6 is 0 Å². The van der Waals surface area contributed by atoms with Crippen LogP contribution < -0.4 is 14.4 Å². The molecular weight excluding hydrogens is 354 g/mol. The van der Waals surface area contributed by atoms with Gasteiger partial charge < -0.3 is 19.3 Å². The lowest BCUT2D eigenvalue weighted by molar-refractivity contribution is 0.149. The molecule has 0 N–H and O–H groups in total. The number of benzene rings is 2. The smallest absolute Gasteiger partial charge is 0.415 e. The number of carbonyl (C=O) groups is 1. The molecular formula is C22H23N3O3. The van der Waals surface area contributed by atoms with Crippen molar-refractivity contribution in [3.8, 4) is 11.5 Å². The van der Waals surface area contributed by atoms with E-state index in [1.54, 1.807) is 24.1 Å². The lowest BCUT2D eigenvalue weighted by atomic mass is 10.1. The third-order valence-corrected chi connectivity index (χ3v) is 5.03. The van der Waals surface area contributed by atoms with Crippen LogP contribution in [-0.4, -0.2) is 49.3 Å². The molecule has 1 fully saturated rings. The van der Waals surface area contributed by atoms with Crippen LogP contribution in [0, 0.1) is 6.92 Å². The monoisotopic (exact) mass is 377 g/mol. The highest BCUT2D eigenvalue weighted by atomic mass is 16.6. The van der Waals surface area contributed by atoms with E-state index in [0.717, 1.165) is 28.0 Å². The predicted molar refractivity (Wildman–Crippen MR) is 109 cm³/mol. The van der Waals surface area contributed by atoms with Gasteiger partial charge in [0.15, 0.2) is 0 Å². The number of ether oxygens (including phenoxy) is 2. The quantitative estimate of drug-likeness (QED) is 0.693. The maximum atomic E-state index is 12.4. The van der Waals surface area contributed by atoms with Crippen molar-refractivity contribution in [2.45, 2.75) is 6.92 Å². The number of pyridine rings is 1. The molecule has 0 bridgehead atoms. The van der Waals surface area contributed by atoms with E-state index in [-0.39, 0.29) is 6.09 Å². The molecule has 0 spiro atoms. The highest BCUT2D eigenvalue weighted by Gasteiger charge is 2.24. The van der Waals surface area contributed by atoms with Crippen LogP contribution in [0.2, 0.25) is 0 Å². The minimum atomic E-state index is -0.310. The molecule has 2 heterocycles. The number of anilines is 1. The molecule has 1 saturated heterocycles. The first kappa shape index (κ1) is 18.1. The summed E-state index contributed by atoms with van der Waals surface area (Å²) >= 11 is 0. The minimum Gasteiger partial charge on any atom is -0.494 e. The van der Waals surface area contributed by atoms with E-state index >= 15 is 0 Å². The molecule has 1 aliphatic heterocycles. The predicted octanol–water partition coefficient (Wildman–Crippen LogP) is 3.87. The molecule has 0 aliphatic carbocycles. The third-order valence-electron chi connectivity index (χ3n) is 5.03. The summed E-state index contributed by atoms with van der Waals surface area (Å²) in [5, 5.41) is 1.09. The molecule has 6 heteroatoms. The zero-order valence-electron chi connectivity index (χ0n) is 16.1. The Balaban J connectivity index is 1.47. The normalized spacial score (nSPS) is 14.2. The summed E-state index contributed by atoms with van der Waals surface area (Å²) in [6.07, 6.45) is -0.310. The molecule has 28 heavy (non-hydrogen) atoms. The molecule has 2 aromatic carbocycles. The van der Waals surface area contributed by atoms with E-state index < -0.39 is 0 Å². The van der Waals surface area contributed by atoms with E-state index in [0.29, 0.717) is 31.9 Å². The van der Waals surface area contributed by atoms with Gasteiger partial charge in [-0.2, -0.15) is 0 Å². The molecule has 6 nitrogen and oxygen atoms in total. The number of carbonyl (C=O) groups excluding carboxylic acids is 1. The molecule has 0 atom stereocenters. The van der Waals surface area contributed by atoms with Crippen LogP contribution in [0.1, 0.15) is 5.56 Å². The first-order chi connectivity index (χ1) is 13.7. The molecule has 3 aromatic rings. The van der Waals surface area contributed by atoms with Gasteiger partial charge in [0.05, 0.1) is 7.11 Å². The second-order valence-electron chi connectivity index (χ2n) is 6.81. The molecule has 0 unspecified atom stereocenters. The summed E-state index contributed by atoms with van der Waals surface area (Å²) in [4.78, 5) is 21.1. The number of hydrogen-bond donors (Lipinski definition) is 0. The number of para-hydroxylation sites is 2. The van der Waals surface area contributed by atoms with Gasteiger partial charge in [0.1, 0.15) is 22.8 Å². The fourth-order valence-corrected chi connectivity index (χ4v) is 3.47. The Morgan fingerprint density at radius 3 is 2.46 bits per heavy atom. The third kappa shape index (κ3) is 3.58. The van der Waals surface area contributed by atoms with Gasteiger partial charge >= 0.3 is 6.09 Å². The lowest BCUT2D eigenvalue weighted by Crippen LogP contribution is -2.49. The SMILES string of the molecule is COc1cccc2c(C)cc(N3CCN(C(=O)Oc4ccccc4)CC3)nc12. The molecule has 1 aliphatic rings. The number of hydrogen-bond acceptors (Lipinski definition) is 5. The van der Waals surface area contributed by atoms with E-state index in [4.69, 9.17) is 14.5 Å². The summed E-state index contributed by atoms with van der Waals surface area (Å²) in [6, 6.07) is 17.2. The van der Waals surface area contributed by atoms with Crippen molar-refractivity contribution in [2.75, 3.05) is 38.2 Å². The zero-order chi connectivity index (χ0) is 19.5. The number of aryl methyl sites for hydroxylation is 1. The van der Waals surface area contributed by atoms with Gasteiger partial charge in [0, 0.05) is 31.6 Å². The summed E-state index contributed by atoms with van der Waals surface area (Å²) in [5.74, 6) is 2.24. The van der Waals surface area contributed by atoms with Crippen molar-refractivity contribution in [1.29, 1.82) is 0 Å². The molecule has 1 aromatic heterocycles. The van der Waals surface area contributed by atoms with Crippen LogP contribution in [0.15, 0.2) is 54.6 Å². The molecule has 4 rings (SSSR count). The van der Waals surface area contributed by atoms with Crippen molar-refractivity contribution in [3.05, 3.63) is 60.2 Å². The fourth-order valence-electron chi connectivity index (χ4n) is 3.47. The molecule has 1 amide bonds. The average Bonchev–Trinajstić information content (AvgIpc) is 2.74. The maximum Gasteiger partial charge on any atom is 0.415 e. The average molecular weight is 377 g/mol. The highest BCUT2D eigenvalue weighted by Crippen LogP contribution is 2.29. The van der Waals surface area contributed by atoms with Crippen molar-refractivity contribution in [1.82, 2.24) is 9.88 Å². The van der Waals surface area contributed by atoms with Crippen LogP contribution in [0.25, 0.3) is 10.9 Å². The van der Waals surface area contributed by atoms with Crippen LogP contribution in [0.4, 0.5) is 10.6 Å². The number of nitrogens with zero attached hydrogens (tertiary/aromatic N) is 3.